The number of halogens is 3. The average molecular weight is 245 g/mol. The van der Waals surface area contributed by atoms with Crippen LogP contribution in [0.15, 0.2) is 18.2 Å². The Labute approximate surface area is 96.0 Å². The normalized spacial score (nSPS) is 10.6. The van der Waals surface area contributed by atoms with Crippen molar-refractivity contribution in [3.8, 4) is 17.6 Å². The van der Waals surface area contributed by atoms with Crippen molar-refractivity contribution in [2.75, 3.05) is 12.3 Å². The second-order valence-corrected chi connectivity index (χ2v) is 3.08. The maximum atomic E-state index is 12.1. The van der Waals surface area contributed by atoms with E-state index in [1.807, 2.05) is 0 Å². The number of nitrogen functional groups attached to an aromatic ring is 1. The highest BCUT2D eigenvalue weighted by atomic mass is 19.4. The third-order valence-corrected chi connectivity index (χ3v) is 1.69. The van der Waals surface area contributed by atoms with E-state index in [0.29, 0.717) is 0 Å². The molecule has 0 aliphatic carbocycles. The van der Waals surface area contributed by atoms with E-state index in [2.05, 4.69) is 16.6 Å². The van der Waals surface area contributed by atoms with Crippen LogP contribution in [-0.2, 0) is 0 Å². The molecule has 0 radical (unpaired) electrons. The molecule has 0 aliphatic heterocycles. The average Bonchev–Trinajstić information content (AvgIpc) is 2.20. The number of aliphatic hydroxyl groups is 1. The molecule has 92 valence electrons. The van der Waals surface area contributed by atoms with Gasteiger partial charge in [0.05, 0.1) is 12.2 Å². The largest absolute Gasteiger partial charge is 0.573 e. The molecule has 3 nitrogen and oxygen atoms in total. The van der Waals surface area contributed by atoms with Crippen molar-refractivity contribution < 1.29 is 23.0 Å². The van der Waals surface area contributed by atoms with E-state index in [0.717, 1.165) is 6.07 Å². The number of anilines is 1. The summed E-state index contributed by atoms with van der Waals surface area (Å²) in [5, 5.41) is 8.52. The molecule has 17 heavy (non-hydrogen) atoms. The molecule has 0 unspecified atom stereocenters. The molecular weight excluding hydrogens is 235 g/mol. The molecule has 0 amide bonds. The number of aliphatic hydroxyl groups excluding tert-OH is 1. The molecule has 0 heterocycles. The lowest BCUT2D eigenvalue weighted by Crippen LogP contribution is -2.17. The van der Waals surface area contributed by atoms with Crippen molar-refractivity contribution in [3.05, 3.63) is 23.8 Å². The van der Waals surface area contributed by atoms with Gasteiger partial charge >= 0.3 is 6.36 Å². The first-order valence-electron chi connectivity index (χ1n) is 4.67. The second-order valence-electron chi connectivity index (χ2n) is 3.08. The number of benzene rings is 1. The van der Waals surface area contributed by atoms with Crippen LogP contribution < -0.4 is 10.5 Å². The molecule has 0 atom stereocenters. The molecule has 1 aromatic rings. The predicted molar refractivity (Wildman–Crippen MR) is 56.1 cm³/mol. The Balaban J connectivity index is 3.01. The Hall–Kier alpha value is -1.87. The molecule has 0 saturated heterocycles. The quantitative estimate of drug-likeness (QED) is 0.618. The van der Waals surface area contributed by atoms with E-state index in [1.54, 1.807) is 0 Å². The fourth-order valence-electron chi connectivity index (χ4n) is 1.07. The van der Waals surface area contributed by atoms with Crippen LogP contribution in [0, 0.1) is 11.8 Å². The van der Waals surface area contributed by atoms with Crippen LogP contribution in [0.4, 0.5) is 18.9 Å². The highest BCUT2D eigenvalue weighted by Crippen LogP contribution is 2.27. The molecule has 0 spiro atoms. The Bertz CT molecular complexity index is 446. The molecule has 0 aliphatic rings. The monoisotopic (exact) mass is 245 g/mol. The van der Waals surface area contributed by atoms with Crippen molar-refractivity contribution in [1.29, 1.82) is 0 Å². The molecule has 0 bridgehead atoms. The van der Waals surface area contributed by atoms with Gasteiger partial charge in [-0.05, 0) is 18.2 Å². The highest BCUT2D eigenvalue weighted by molar-refractivity contribution is 5.54. The molecule has 6 heteroatoms. The highest BCUT2D eigenvalue weighted by Gasteiger charge is 2.31. The van der Waals surface area contributed by atoms with Crippen LogP contribution in [0.3, 0.4) is 0 Å². The maximum absolute atomic E-state index is 12.1. The zero-order chi connectivity index (χ0) is 12.9. The minimum Gasteiger partial charge on any atom is -0.404 e. The summed E-state index contributed by atoms with van der Waals surface area (Å²) >= 11 is 0. The van der Waals surface area contributed by atoms with Crippen LogP contribution in [0.5, 0.6) is 5.75 Å². The van der Waals surface area contributed by atoms with Crippen LogP contribution in [0.2, 0.25) is 0 Å². The Morgan fingerprint density at radius 2 is 2.06 bits per heavy atom. The second kappa shape index (κ2) is 5.46. The van der Waals surface area contributed by atoms with E-state index < -0.39 is 12.1 Å². The minimum absolute atomic E-state index is 0.0378. The van der Waals surface area contributed by atoms with Crippen LogP contribution in [0.25, 0.3) is 0 Å². The van der Waals surface area contributed by atoms with E-state index in [-0.39, 0.29) is 24.3 Å². The first-order valence-corrected chi connectivity index (χ1v) is 4.67. The fourth-order valence-corrected chi connectivity index (χ4v) is 1.07. The Morgan fingerprint density at radius 3 is 2.65 bits per heavy atom. The SMILES string of the molecule is Nc1ccc(OC(F)(F)F)c(C#CCCO)c1. The lowest BCUT2D eigenvalue weighted by molar-refractivity contribution is -0.274. The van der Waals surface area contributed by atoms with E-state index in [1.165, 1.54) is 12.1 Å². The third-order valence-electron chi connectivity index (χ3n) is 1.69. The number of hydrogen-bond donors (Lipinski definition) is 2. The summed E-state index contributed by atoms with van der Waals surface area (Å²) < 4.78 is 40.0. The number of hydrogen-bond acceptors (Lipinski definition) is 3. The molecule has 0 fully saturated rings. The van der Waals surface area contributed by atoms with Gasteiger partial charge < -0.3 is 15.6 Å². The van der Waals surface area contributed by atoms with Gasteiger partial charge in [-0.3, -0.25) is 0 Å². The maximum Gasteiger partial charge on any atom is 0.573 e. The fraction of sp³-hybridized carbons (Fsp3) is 0.273. The number of ether oxygens (including phenoxy) is 1. The van der Waals surface area contributed by atoms with E-state index in [4.69, 9.17) is 10.8 Å². The van der Waals surface area contributed by atoms with Gasteiger partial charge in [0, 0.05) is 12.1 Å². The first-order chi connectivity index (χ1) is 7.92. The van der Waals surface area contributed by atoms with Crippen molar-refractivity contribution in [2.45, 2.75) is 12.8 Å². The molecule has 1 aromatic carbocycles. The molecule has 1 rings (SSSR count). The third kappa shape index (κ3) is 4.66. The summed E-state index contributed by atoms with van der Waals surface area (Å²) in [5.41, 5.74) is 5.76. The zero-order valence-corrected chi connectivity index (χ0v) is 8.71. The van der Waals surface area contributed by atoms with Gasteiger partial charge in [0.25, 0.3) is 0 Å². The molecule has 0 aromatic heterocycles. The number of alkyl halides is 3. The summed E-state index contributed by atoms with van der Waals surface area (Å²) in [5.74, 6) is 4.56. The Kier molecular flexibility index (Phi) is 4.24. The smallest absolute Gasteiger partial charge is 0.404 e. The van der Waals surface area contributed by atoms with Gasteiger partial charge in [-0.2, -0.15) is 0 Å². The summed E-state index contributed by atoms with van der Waals surface area (Å²) in [4.78, 5) is 0. The van der Waals surface area contributed by atoms with E-state index in [9.17, 15) is 13.2 Å². The van der Waals surface area contributed by atoms with Crippen molar-refractivity contribution in [2.24, 2.45) is 0 Å². The predicted octanol–water partition coefficient (Wildman–Crippen LogP) is 1.90. The minimum atomic E-state index is -4.77. The lowest BCUT2D eigenvalue weighted by atomic mass is 10.2. The zero-order valence-electron chi connectivity index (χ0n) is 8.71. The van der Waals surface area contributed by atoms with Crippen molar-refractivity contribution in [3.63, 3.8) is 0 Å². The molecule has 3 N–H and O–H groups in total. The summed E-state index contributed by atoms with van der Waals surface area (Å²) in [6, 6.07) is 3.68. The van der Waals surface area contributed by atoms with Crippen molar-refractivity contribution in [1.82, 2.24) is 0 Å². The standard InChI is InChI=1S/C11H10F3NO2/c12-11(13,14)17-10-5-4-9(15)7-8(10)3-1-2-6-16/h4-5,7,16H,2,6,15H2. The Morgan fingerprint density at radius 1 is 1.35 bits per heavy atom. The van der Waals surface area contributed by atoms with Gasteiger partial charge in [0.2, 0.25) is 0 Å². The van der Waals surface area contributed by atoms with E-state index >= 15 is 0 Å². The van der Waals surface area contributed by atoms with Gasteiger partial charge in [-0.15, -0.1) is 13.2 Å². The summed E-state index contributed by atoms with van der Waals surface area (Å²) in [6.45, 7) is -0.162. The van der Waals surface area contributed by atoms with Crippen LogP contribution in [0.1, 0.15) is 12.0 Å². The van der Waals surface area contributed by atoms with Crippen LogP contribution >= 0.6 is 0 Å². The number of rotatable bonds is 2. The lowest BCUT2D eigenvalue weighted by Gasteiger charge is -2.10. The summed E-state index contributed by atoms with van der Waals surface area (Å²) in [7, 11) is 0. The topological polar surface area (TPSA) is 55.5 Å². The van der Waals surface area contributed by atoms with Gasteiger partial charge in [0.15, 0.2) is 0 Å². The molecular formula is C11H10F3NO2. The van der Waals surface area contributed by atoms with Crippen molar-refractivity contribution >= 4 is 5.69 Å². The molecule has 0 saturated carbocycles. The first kappa shape index (κ1) is 13.2. The van der Waals surface area contributed by atoms with Gasteiger partial charge in [0.1, 0.15) is 5.75 Å². The number of nitrogens with two attached hydrogens (primary N) is 1. The summed E-state index contributed by atoms with van der Waals surface area (Å²) in [6.07, 6.45) is -4.61. The van der Waals surface area contributed by atoms with Gasteiger partial charge in [-0.25, -0.2) is 0 Å². The van der Waals surface area contributed by atoms with Gasteiger partial charge in [-0.1, -0.05) is 11.8 Å². The van der Waals surface area contributed by atoms with Crippen LogP contribution in [-0.4, -0.2) is 18.1 Å².